The highest BCUT2D eigenvalue weighted by molar-refractivity contribution is 8.18. The lowest BCUT2D eigenvalue weighted by atomic mass is 9.81. The smallest absolute Gasteiger partial charge is 0.326 e. The van der Waals surface area contributed by atoms with Gasteiger partial charge in [0.25, 0.3) is 11.8 Å². The second-order valence-corrected chi connectivity index (χ2v) is 29.0. The Balaban J connectivity index is 0.000000180. The lowest BCUT2D eigenvalue weighted by Gasteiger charge is -2.38. The number of carboxylic acids is 1. The quantitative estimate of drug-likeness (QED) is 0.137. The molecule has 0 bridgehead atoms. The van der Waals surface area contributed by atoms with Crippen LogP contribution in [-0.2, 0) is 39.8 Å². The van der Waals surface area contributed by atoms with Gasteiger partial charge in [-0.2, -0.15) is 0 Å². The molecule has 4 saturated heterocycles. The zero-order valence-electron chi connectivity index (χ0n) is 53.1. The third kappa shape index (κ3) is 13.3. The number of aliphatic imine (C=N–C) groups is 2. The van der Waals surface area contributed by atoms with Crippen molar-refractivity contribution in [3.05, 3.63) is 161 Å². The third-order valence-electron chi connectivity index (χ3n) is 18.8. The Morgan fingerprint density at radius 2 is 0.978 bits per heavy atom. The van der Waals surface area contributed by atoms with Crippen molar-refractivity contribution in [1.29, 1.82) is 0 Å². The second-order valence-electron chi connectivity index (χ2n) is 25.3. The van der Waals surface area contributed by atoms with Gasteiger partial charge in [0.1, 0.15) is 33.0 Å². The SMILES string of the molecule is CC[C@@H]1CC[C@@H](C(=O)N2CCN(C)C(=O)C2)N1C(=O)C1=C(C(C)C)N2C(=N[C@@](C)(c3ccc(Cl)cc3)[C@H]2c2ccc(Cl)cc2)S1.CC[C@@H]1CC[C@@H](C(=O)O)N1C(=O)C1=C(C(C)C)N2C(=N[C@@](C)(c3ccc(Cl)cc3)[C@H]2c2ccc(Cl)cc2)S1.CN1CCNCC1=O. The summed E-state index contributed by atoms with van der Waals surface area (Å²) in [5, 5.41) is 17.0. The number of carbonyl (C=O) groups is 6. The molecule has 0 saturated carbocycles. The number of aliphatic carboxylic acids is 1. The summed E-state index contributed by atoms with van der Waals surface area (Å²) in [6, 6.07) is 29.1. The van der Waals surface area contributed by atoms with E-state index in [4.69, 9.17) is 56.4 Å². The van der Waals surface area contributed by atoms with Crippen LogP contribution in [-0.4, -0.2) is 163 Å². The van der Waals surface area contributed by atoms with Gasteiger partial charge in [-0.25, -0.2) is 14.8 Å². The zero-order chi connectivity index (χ0) is 65.5. The summed E-state index contributed by atoms with van der Waals surface area (Å²) >= 11 is 27.8. The van der Waals surface area contributed by atoms with Gasteiger partial charge in [-0.1, -0.05) is 136 Å². The van der Waals surface area contributed by atoms with E-state index in [0.717, 1.165) is 76.3 Å². The molecule has 0 aliphatic carbocycles. The summed E-state index contributed by atoms with van der Waals surface area (Å²) < 4.78 is 0. The average molecular weight is 1360 g/mol. The number of likely N-dealkylation sites (tertiary alicyclic amines) is 2. The van der Waals surface area contributed by atoms with E-state index in [2.05, 4.69) is 63.6 Å². The van der Waals surface area contributed by atoms with Crippen LogP contribution in [0.5, 0.6) is 0 Å². The number of fused-ring (bicyclic) bond motifs is 2. The molecule has 91 heavy (non-hydrogen) atoms. The summed E-state index contributed by atoms with van der Waals surface area (Å²) in [6.45, 7) is 19.9. The van der Waals surface area contributed by atoms with Crippen LogP contribution in [0.1, 0.15) is 128 Å². The minimum atomic E-state index is -0.948. The first-order valence-corrected chi connectivity index (χ1v) is 34.5. The first-order valence-electron chi connectivity index (χ1n) is 31.3. The van der Waals surface area contributed by atoms with Crippen molar-refractivity contribution >= 4 is 116 Å². The largest absolute Gasteiger partial charge is 0.480 e. The summed E-state index contributed by atoms with van der Waals surface area (Å²) in [4.78, 5) is 102. The van der Waals surface area contributed by atoms with Crippen LogP contribution in [0.3, 0.4) is 0 Å². The Bertz CT molecular complexity index is 3590. The molecule has 4 aromatic rings. The first kappa shape index (κ1) is 67.8. The van der Waals surface area contributed by atoms with Crippen LogP contribution < -0.4 is 5.32 Å². The molecule has 484 valence electrons. The highest BCUT2D eigenvalue weighted by Crippen LogP contribution is 2.59. The van der Waals surface area contributed by atoms with Gasteiger partial charge >= 0.3 is 5.97 Å². The Morgan fingerprint density at radius 3 is 1.34 bits per heavy atom. The van der Waals surface area contributed by atoms with Crippen molar-refractivity contribution in [2.24, 2.45) is 21.8 Å². The minimum Gasteiger partial charge on any atom is -0.480 e. The van der Waals surface area contributed by atoms with Crippen LogP contribution in [0.25, 0.3) is 0 Å². The topological polar surface area (TPSA) is 182 Å². The molecule has 8 heterocycles. The van der Waals surface area contributed by atoms with Crippen molar-refractivity contribution in [3.63, 3.8) is 0 Å². The molecule has 2 N–H and O–H groups in total. The van der Waals surface area contributed by atoms with E-state index >= 15 is 0 Å². The molecule has 8 aliphatic rings. The fourth-order valence-electron chi connectivity index (χ4n) is 13.9. The standard InChI is InChI=1S/C34H39Cl2N5O3S.C29H31Cl2N3O3S.C5H10N2O/c1-6-25-15-16-26(31(43)39-18-17-38(5)27(42)19-39)40(25)32(44)29-28(20(2)3)41-30(21-7-11-23(35)12-8-21)34(4,37-33(41)45-29)22-9-13-24(36)14-10-22;1-5-21-14-15-22(27(36)37)33(21)26(35)24-23(16(2)3)34-25(17-6-10-19(30)11-7-17)29(4,32-28(34)38-24)18-8-12-20(31)13-9-18;1-7-3-2-6-4-5(7)8/h7-14,20,25-26,30H,6,15-19H2,1-5H3;6-13,16,21-22,25H,5,14-15H2,1-4H3,(H,36,37);6H,2-4H2,1H3/t25-,26+,30-,34+;21-,22+,25-,29+;/m11./s1. The average Bonchev–Trinajstić information content (AvgIpc) is 1.57. The van der Waals surface area contributed by atoms with Crippen molar-refractivity contribution in [2.75, 3.05) is 53.4 Å². The predicted molar refractivity (Wildman–Crippen MR) is 364 cm³/mol. The Hall–Kier alpha value is -6.06. The Labute approximate surface area is 562 Å². The number of likely N-dealkylation sites (N-methyl/N-ethyl adjacent to an activating group) is 2. The zero-order valence-corrected chi connectivity index (χ0v) is 57.7. The molecule has 17 nitrogen and oxygen atoms in total. The van der Waals surface area contributed by atoms with E-state index in [1.165, 1.54) is 23.5 Å². The number of hydrogen-bond donors (Lipinski definition) is 2. The molecule has 4 aromatic carbocycles. The number of allylic oxidation sites excluding steroid dienone is 2. The first-order chi connectivity index (χ1) is 43.3. The van der Waals surface area contributed by atoms with Crippen molar-refractivity contribution in [3.8, 4) is 0 Å². The normalized spacial score (nSPS) is 26.3. The second kappa shape index (κ2) is 27.9. The van der Waals surface area contributed by atoms with E-state index in [0.29, 0.717) is 68.8 Å². The molecule has 0 spiro atoms. The molecule has 8 aliphatic heterocycles. The molecular weight excluding hydrogens is 1270 g/mol. The molecule has 5 amide bonds. The van der Waals surface area contributed by atoms with Gasteiger partial charge < -0.3 is 44.7 Å². The summed E-state index contributed by atoms with van der Waals surface area (Å²) in [7, 11) is 3.58. The Morgan fingerprint density at radius 1 is 0.582 bits per heavy atom. The number of carbonyl (C=O) groups excluding carboxylic acids is 5. The van der Waals surface area contributed by atoms with Crippen LogP contribution >= 0.6 is 69.9 Å². The molecule has 4 fully saturated rings. The van der Waals surface area contributed by atoms with Crippen LogP contribution in [0.4, 0.5) is 0 Å². The molecule has 23 heteroatoms. The highest BCUT2D eigenvalue weighted by atomic mass is 35.5. The monoisotopic (exact) mass is 1350 g/mol. The van der Waals surface area contributed by atoms with Gasteiger partial charge in [0.2, 0.25) is 17.7 Å². The van der Waals surface area contributed by atoms with Gasteiger partial charge in [0.15, 0.2) is 10.3 Å². The van der Waals surface area contributed by atoms with Gasteiger partial charge in [-0.3, -0.25) is 24.0 Å². The number of benzene rings is 4. The predicted octanol–water partition coefficient (Wildman–Crippen LogP) is 12.4. The van der Waals surface area contributed by atoms with E-state index < -0.39 is 29.1 Å². The number of rotatable bonds is 12. The summed E-state index contributed by atoms with van der Waals surface area (Å²) in [6.07, 6.45) is 3.98. The molecule has 0 radical (unpaired) electrons. The minimum absolute atomic E-state index is 0.00129. The number of halogens is 4. The summed E-state index contributed by atoms with van der Waals surface area (Å²) in [5.41, 5.74) is 4.55. The molecule has 0 unspecified atom stereocenters. The van der Waals surface area contributed by atoms with Gasteiger partial charge in [-0.05, 0) is 159 Å². The van der Waals surface area contributed by atoms with Gasteiger partial charge in [0.05, 0.1) is 25.2 Å². The van der Waals surface area contributed by atoms with Crippen LogP contribution in [0.2, 0.25) is 20.1 Å². The molecule has 12 rings (SSSR count). The van der Waals surface area contributed by atoms with E-state index in [1.807, 2.05) is 116 Å². The van der Waals surface area contributed by atoms with Crippen LogP contribution in [0.15, 0.2) is 128 Å². The number of thioether (sulfide) groups is 2. The van der Waals surface area contributed by atoms with Gasteiger partial charge in [0, 0.05) is 83.8 Å². The number of amides is 5. The number of nitrogens with one attached hydrogen (secondary N) is 1. The summed E-state index contributed by atoms with van der Waals surface area (Å²) in [5.74, 6) is -1.32. The number of amidine groups is 2. The third-order valence-corrected chi connectivity index (χ3v) is 21.9. The highest BCUT2D eigenvalue weighted by Gasteiger charge is 2.57. The number of hydrogen-bond acceptors (Lipinski definition) is 13. The number of nitrogens with zero attached hydrogens (tertiary/aromatic N) is 9. The van der Waals surface area contributed by atoms with E-state index in [9.17, 15) is 33.9 Å². The van der Waals surface area contributed by atoms with E-state index in [-0.39, 0.29) is 72.1 Å². The van der Waals surface area contributed by atoms with Crippen molar-refractivity contribution < 1.29 is 33.9 Å². The molecule has 0 aromatic heterocycles. The van der Waals surface area contributed by atoms with Crippen molar-refractivity contribution in [1.82, 2.24) is 39.6 Å². The maximum absolute atomic E-state index is 14.7. The number of carboxylic acid groups (broad SMARTS) is 1. The van der Waals surface area contributed by atoms with Gasteiger partial charge in [-0.15, -0.1) is 0 Å². The van der Waals surface area contributed by atoms with Crippen LogP contribution in [0, 0.1) is 11.8 Å². The lowest BCUT2D eigenvalue weighted by Crippen LogP contribution is -2.56. The number of piperazine rings is 2. The maximum Gasteiger partial charge on any atom is 0.326 e. The molecular formula is C68H80Cl4N10O7S2. The maximum atomic E-state index is 14.7. The molecule has 8 atom stereocenters. The Kier molecular flexibility index (Phi) is 20.8. The van der Waals surface area contributed by atoms with Crippen molar-refractivity contribution in [2.45, 2.75) is 141 Å². The fourth-order valence-corrected chi connectivity index (χ4v) is 17.1. The lowest BCUT2D eigenvalue weighted by molar-refractivity contribution is -0.149. The fraction of sp³-hybridized carbons (Fsp3) is 0.471. The van der Waals surface area contributed by atoms with E-state index in [1.54, 1.807) is 26.6 Å².